The zero-order valence-electron chi connectivity index (χ0n) is 24.3. The third-order valence-electron chi connectivity index (χ3n) is 6.64. The fraction of sp³-hybridized carbons (Fsp3) is 0.355. The molecule has 0 aliphatic heterocycles. The molecule has 41 heavy (non-hydrogen) atoms. The first kappa shape index (κ1) is 31.5. The van der Waals surface area contributed by atoms with Crippen LogP contribution in [0.5, 0.6) is 11.5 Å². The van der Waals surface area contributed by atoms with Crippen LogP contribution < -0.4 is 19.1 Å². The van der Waals surface area contributed by atoms with E-state index in [9.17, 15) is 18.0 Å². The van der Waals surface area contributed by atoms with Crippen molar-refractivity contribution in [2.75, 3.05) is 31.6 Å². The molecule has 3 aromatic carbocycles. The Morgan fingerprint density at radius 2 is 1.61 bits per heavy atom. The zero-order chi connectivity index (χ0) is 30.0. The maximum atomic E-state index is 14.1. The molecule has 3 rings (SSSR count). The van der Waals surface area contributed by atoms with Gasteiger partial charge in [-0.2, -0.15) is 0 Å². The topological polar surface area (TPSA) is 105 Å². The average molecular weight is 582 g/mol. The van der Waals surface area contributed by atoms with Gasteiger partial charge in [-0.3, -0.25) is 13.9 Å². The molecule has 0 spiro atoms. The lowest BCUT2D eigenvalue weighted by Gasteiger charge is -2.33. The van der Waals surface area contributed by atoms with Crippen molar-refractivity contribution in [3.8, 4) is 11.5 Å². The number of hydrogen-bond acceptors (Lipinski definition) is 6. The van der Waals surface area contributed by atoms with Gasteiger partial charge in [0.15, 0.2) is 11.5 Å². The molecule has 0 radical (unpaired) electrons. The predicted octanol–water partition coefficient (Wildman–Crippen LogP) is 4.54. The van der Waals surface area contributed by atoms with E-state index < -0.39 is 28.5 Å². The largest absolute Gasteiger partial charge is 0.493 e. The number of ether oxygens (including phenoxy) is 2. The summed E-state index contributed by atoms with van der Waals surface area (Å²) in [5.41, 5.74) is 2.17. The molecule has 3 aromatic rings. The van der Waals surface area contributed by atoms with Crippen molar-refractivity contribution >= 4 is 27.5 Å². The van der Waals surface area contributed by atoms with E-state index in [-0.39, 0.29) is 23.1 Å². The van der Waals surface area contributed by atoms with Crippen molar-refractivity contribution in [1.82, 2.24) is 10.2 Å². The fourth-order valence-corrected chi connectivity index (χ4v) is 5.95. The van der Waals surface area contributed by atoms with E-state index in [2.05, 4.69) is 5.32 Å². The Balaban J connectivity index is 2.06. The van der Waals surface area contributed by atoms with Gasteiger partial charge in [0.2, 0.25) is 11.8 Å². The number of hydrogen-bond donors (Lipinski definition) is 1. The van der Waals surface area contributed by atoms with Crippen LogP contribution in [0.3, 0.4) is 0 Å². The molecule has 0 bridgehead atoms. The molecule has 2 amide bonds. The summed E-state index contributed by atoms with van der Waals surface area (Å²) in [5.74, 6) is -0.156. The Bertz CT molecular complexity index is 1430. The molecular weight excluding hydrogens is 542 g/mol. The highest BCUT2D eigenvalue weighted by molar-refractivity contribution is 7.92. The standard InChI is InChI=1S/C31H39N3O6S/c1-6-18-32-31(36)27(7-2)33(21-24-13-11-12-23(3)19-24)30(35)22-34(25-14-9-8-10-15-25)41(37,38)26-16-17-28(39-4)29(20-26)40-5/h8-17,19-20,27H,6-7,18,21-22H2,1-5H3,(H,32,36)/t27-/m1/s1. The van der Waals surface area contributed by atoms with Crippen LogP contribution in [0.15, 0.2) is 77.7 Å². The van der Waals surface area contributed by atoms with Crippen LogP contribution in [-0.4, -0.2) is 58.5 Å². The second-order valence-electron chi connectivity index (χ2n) is 9.59. The van der Waals surface area contributed by atoms with E-state index >= 15 is 0 Å². The van der Waals surface area contributed by atoms with Gasteiger partial charge in [0.05, 0.1) is 24.8 Å². The van der Waals surface area contributed by atoms with Gasteiger partial charge in [-0.05, 0) is 49.6 Å². The number of nitrogens with one attached hydrogen (secondary N) is 1. The maximum Gasteiger partial charge on any atom is 0.264 e. The zero-order valence-corrected chi connectivity index (χ0v) is 25.1. The third-order valence-corrected chi connectivity index (χ3v) is 8.41. The molecule has 1 N–H and O–H groups in total. The van der Waals surface area contributed by atoms with Crippen molar-refractivity contribution in [1.29, 1.82) is 0 Å². The highest BCUT2D eigenvalue weighted by Gasteiger charge is 2.34. The summed E-state index contributed by atoms with van der Waals surface area (Å²) in [6.45, 7) is 5.86. The number of carbonyl (C=O) groups is 2. The predicted molar refractivity (Wildman–Crippen MR) is 160 cm³/mol. The van der Waals surface area contributed by atoms with E-state index in [0.29, 0.717) is 24.4 Å². The molecule has 0 aliphatic rings. The first-order chi connectivity index (χ1) is 19.7. The summed E-state index contributed by atoms with van der Waals surface area (Å²) in [4.78, 5) is 28.7. The fourth-order valence-electron chi connectivity index (χ4n) is 4.52. The number of methoxy groups -OCH3 is 2. The summed E-state index contributed by atoms with van der Waals surface area (Å²) in [7, 11) is -1.35. The van der Waals surface area contributed by atoms with E-state index in [4.69, 9.17) is 9.47 Å². The van der Waals surface area contributed by atoms with E-state index in [0.717, 1.165) is 21.9 Å². The number of anilines is 1. The quantitative estimate of drug-likeness (QED) is 0.300. The molecule has 0 fully saturated rings. The van der Waals surface area contributed by atoms with Crippen LogP contribution >= 0.6 is 0 Å². The van der Waals surface area contributed by atoms with Gasteiger partial charge >= 0.3 is 0 Å². The number of carbonyl (C=O) groups excluding carboxylic acids is 2. The molecule has 0 saturated carbocycles. The van der Waals surface area contributed by atoms with Crippen LogP contribution in [-0.2, 0) is 26.2 Å². The first-order valence-corrected chi connectivity index (χ1v) is 15.0. The number of aryl methyl sites for hydroxylation is 1. The maximum absolute atomic E-state index is 14.1. The van der Waals surface area contributed by atoms with Crippen LogP contribution in [0.4, 0.5) is 5.69 Å². The third kappa shape index (κ3) is 7.79. The Morgan fingerprint density at radius 3 is 2.22 bits per heavy atom. The summed E-state index contributed by atoms with van der Waals surface area (Å²) in [6, 6.07) is 19.6. The van der Waals surface area contributed by atoms with Crippen molar-refractivity contribution in [2.45, 2.75) is 51.1 Å². The average Bonchev–Trinajstić information content (AvgIpc) is 2.98. The van der Waals surface area contributed by atoms with Gasteiger partial charge in [-0.1, -0.05) is 61.9 Å². The van der Waals surface area contributed by atoms with Gasteiger partial charge in [0, 0.05) is 19.2 Å². The molecule has 10 heteroatoms. The van der Waals surface area contributed by atoms with Gasteiger partial charge in [-0.25, -0.2) is 8.42 Å². The van der Waals surface area contributed by atoms with E-state index in [1.807, 2.05) is 45.0 Å². The smallest absolute Gasteiger partial charge is 0.264 e. The summed E-state index contributed by atoms with van der Waals surface area (Å²) >= 11 is 0. The van der Waals surface area contributed by atoms with E-state index in [1.54, 1.807) is 30.3 Å². The number of amides is 2. The van der Waals surface area contributed by atoms with Gasteiger partial charge < -0.3 is 19.7 Å². The van der Waals surface area contributed by atoms with E-state index in [1.165, 1.54) is 37.3 Å². The van der Waals surface area contributed by atoms with Gasteiger partial charge in [-0.15, -0.1) is 0 Å². The minimum atomic E-state index is -4.24. The number of rotatable bonds is 14. The van der Waals surface area contributed by atoms with Crippen LogP contribution in [0.2, 0.25) is 0 Å². The Morgan fingerprint density at radius 1 is 0.902 bits per heavy atom. The highest BCUT2D eigenvalue weighted by Crippen LogP contribution is 2.32. The normalized spacial score (nSPS) is 11.8. The highest BCUT2D eigenvalue weighted by atomic mass is 32.2. The van der Waals surface area contributed by atoms with Crippen molar-refractivity contribution in [3.63, 3.8) is 0 Å². The number of sulfonamides is 1. The van der Waals surface area contributed by atoms with Gasteiger partial charge in [0.1, 0.15) is 12.6 Å². The first-order valence-electron chi connectivity index (χ1n) is 13.6. The number of nitrogens with zero attached hydrogens (tertiary/aromatic N) is 2. The van der Waals surface area contributed by atoms with Crippen molar-refractivity contribution in [3.05, 3.63) is 83.9 Å². The van der Waals surface area contributed by atoms with Crippen molar-refractivity contribution in [2.24, 2.45) is 0 Å². The van der Waals surface area contributed by atoms with Crippen LogP contribution in [0, 0.1) is 6.92 Å². The second-order valence-corrected chi connectivity index (χ2v) is 11.5. The Labute approximate surface area is 243 Å². The molecule has 0 heterocycles. The lowest BCUT2D eigenvalue weighted by Crippen LogP contribution is -2.52. The molecule has 220 valence electrons. The molecule has 0 unspecified atom stereocenters. The molecule has 9 nitrogen and oxygen atoms in total. The molecule has 0 aliphatic carbocycles. The number of benzene rings is 3. The molecule has 0 saturated heterocycles. The summed E-state index contributed by atoms with van der Waals surface area (Å²) in [5, 5.41) is 2.89. The van der Waals surface area contributed by atoms with Gasteiger partial charge in [0.25, 0.3) is 10.0 Å². The number of para-hydroxylation sites is 1. The minimum absolute atomic E-state index is 0.0650. The van der Waals surface area contributed by atoms with Crippen LogP contribution in [0.25, 0.3) is 0 Å². The van der Waals surface area contributed by atoms with Crippen molar-refractivity contribution < 1.29 is 27.5 Å². The second kappa shape index (κ2) is 14.5. The van der Waals surface area contributed by atoms with Crippen LogP contribution in [0.1, 0.15) is 37.8 Å². The Hall–Kier alpha value is -4.05. The molecule has 1 atom stereocenters. The Kier molecular flexibility index (Phi) is 11.2. The minimum Gasteiger partial charge on any atom is -0.493 e. The monoisotopic (exact) mass is 581 g/mol. The summed E-state index contributed by atoms with van der Waals surface area (Å²) in [6.07, 6.45) is 1.11. The molecule has 0 aromatic heterocycles. The lowest BCUT2D eigenvalue weighted by atomic mass is 10.1. The SMILES string of the molecule is CCCNC(=O)[C@@H](CC)N(Cc1cccc(C)c1)C(=O)CN(c1ccccc1)S(=O)(=O)c1ccc(OC)c(OC)c1. The lowest BCUT2D eigenvalue weighted by molar-refractivity contribution is -0.140. The summed E-state index contributed by atoms with van der Waals surface area (Å²) < 4.78 is 39.8. The molecular formula is C31H39N3O6S.